The summed E-state index contributed by atoms with van der Waals surface area (Å²) in [7, 11) is 0. The van der Waals surface area contributed by atoms with Gasteiger partial charge in [-0.3, -0.25) is 4.79 Å². The first-order valence-electron chi connectivity index (χ1n) is 5.08. The maximum atomic E-state index is 11.6. The molecule has 0 saturated carbocycles. The lowest BCUT2D eigenvalue weighted by molar-refractivity contribution is 0.0879. The van der Waals surface area contributed by atoms with Crippen LogP contribution in [-0.4, -0.2) is 22.7 Å². The predicted octanol–water partition coefficient (Wildman–Crippen LogP) is 1.51. The molecule has 5 nitrogen and oxygen atoms in total. The fraction of sp³-hybridized carbons (Fsp3) is 0.273. The highest BCUT2D eigenvalue weighted by Gasteiger charge is 2.15. The Morgan fingerprint density at radius 2 is 2.53 bits per heavy atom. The second-order valence-corrected chi connectivity index (χ2v) is 4.40. The summed E-state index contributed by atoms with van der Waals surface area (Å²) in [6.07, 6.45) is 0.776. The van der Waals surface area contributed by atoms with E-state index in [0.29, 0.717) is 5.56 Å². The zero-order valence-electron chi connectivity index (χ0n) is 9.21. The summed E-state index contributed by atoms with van der Waals surface area (Å²) >= 11 is 1.50. The average Bonchev–Trinajstić information content (AvgIpc) is 2.95. The van der Waals surface area contributed by atoms with Crippen LogP contribution in [0.2, 0.25) is 0 Å². The normalized spacial score (nSPS) is 12.4. The van der Waals surface area contributed by atoms with Crippen LogP contribution in [0.4, 0.5) is 0 Å². The summed E-state index contributed by atoms with van der Waals surface area (Å²) in [5.74, 6) is -0.184. The SMILES string of the molecule is Cc1cnoc1C(=O)NCC(O)c1ccsc1. The molecule has 17 heavy (non-hydrogen) atoms. The van der Waals surface area contributed by atoms with Crippen LogP contribution in [0.1, 0.15) is 27.8 Å². The topological polar surface area (TPSA) is 75.4 Å². The molecule has 0 radical (unpaired) electrons. The standard InChI is InChI=1S/C11H12N2O3S/c1-7-4-13-16-10(7)11(15)12-5-9(14)8-2-3-17-6-8/h2-4,6,9,14H,5H2,1H3,(H,12,15). The van der Waals surface area contributed by atoms with Crippen molar-refractivity contribution in [1.29, 1.82) is 0 Å². The van der Waals surface area contributed by atoms with Gasteiger partial charge in [-0.2, -0.15) is 11.3 Å². The fourth-order valence-electron chi connectivity index (χ4n) is 1.36. The summed E-state index contributed by atoms with van der Waals surface area (Å²) in [4.78, 5) is 11.6. The van der Waals surface area contributed by atoms with Crippen LogP contribution in [0.25, 0.3) is 0 Å². The predicted molar refractivity (Wildman–Crippen MR) is 62.9 cm³/mol. The number of carbonyl (C=O) groups excluding carboxylic acids is 1. The van der Waals surface area contributed by atoms with E-state index in [1.165, 1.54) is 17.5 Å². The van der Waals surface area contributed by atoms with Gasteiger partial charge in [-0.15, -0.1) is 0 Å². The number of aliphatic hydroxyl groups is 1. The highest BCUT2D eigenvalue weighted by Crippen LogP contribution is 2.15. The Morgan fingerprint density at radius 1 is 1.71 bits per heavy atom. The van der Waals surface area contributed by atoms with Crippen LogP contribution in [0.5, 0.6) is 0 Å². The van der Waals surface area contributed by atoms with Crippen molar-refractivity contribution in [3.8, 4) is 0 Å². The van der Waals surface area contributed by atoms with E-state index in [2.05, 4.69) is 10.5 Å². The summed E-state index contributed by atoms with van der Waals surface area (Å²) in [6.45, 7) is 1.89. The van der Waals surface area contributed by atoms with Crippen molar-refractivity contribution in [2.45, 2.75) is 13.0 Å². The number of hydrogen-bond donors (Lipinski definition) is 2. The van der Waals surface area contributed by atoms with Crippen molar-refractivity contribution < 1.29 is 14.4 Å². The molecule has 0 bridgehead atoms. The number of aromatic nitrogens is 1. The summed E-state index contributed by atoms with van der Waals surface area (Å²) in [5.41, 5.74) is 1.47. The highest BCUT2D eigenvalue weighted by atomic mass is 32.1. The number of nitrogens with zero attached hydrogens (tertiary/aromatic N) is 1. The van der Waals surface area contributed by atoms with Gasteiger partial charge in [0.2, 0.25) is 5.76 Å². The minimum atomic E-state index is -0.701. The van der Waals surface area contributed by atoms with Crippen LogP contribution in [0.15, 0.2) is 27.5 Å². The quantitative estimate of drug-likeness (QED) is 0.864. The van der Waals surface area contributed by atoms with Crippen LogP contribution >= 0.6 is 11.3 Å². The molecule has 2 aromatic rings. The molecule has 0 fully saturated rings. The van der Waals surface area contributed by atoms with Gasteiger partial charge in [0.05, 0.1) is 12.3 Å². The maximum absolute atomic E-state index is 11.6. The van der Waals surface area contributed by atoms with Crippen LogP contribution in [0, 0.1) is 6.92 Å². The minimum absolute atomic E-state index is 0.149. The van der Waals surface area contributed by atoms with E-state index in [1.54, 1.807) is 6.92 Å². The molecular weight excluding hydrogens is 240 g/mol. The molecule has 0 aliphatic carbocycles. The van der Waals surface area contributed by atoms with Crippen molar-refractivity contribution >= 4 is 17.2 Å². The zero-order valence-corrected chi connectivity index (χ0v) is 10.0. The largest absolute Gasteiger partial charge is 0.387 e. The highest BCUT2D eigenvalue weighted by molar-refractivity contribution is 7.07. The molecular formula is C11H12N2O3S. The van der Waals surface area contributed by atoms with Gasteiger partial charge in [-0.25, -0.2) is 0 Å². The number of aryl methyl sites for hydroxylation is 1. The van der Waals surface area contributed by atoms with E-state index >= 15 is 0 Å². The Kier molecular flexibility index (Phi) is 3.55. The second-order valence-electron chi connectivity index (χ2n) is 3.62. The first-order chi connectivity index (χ1) is 8.18. The Morgan fingerprint density at radius 3 is 3.12 bits per heavy atom. The van der Waals surface area contributed by atoms with Crippen molar-refractivity contribution in [1.82, 2.24) is 10.5 Å². The number of carbonyl (C=O) groups is 1. The van der Waals surface area contributed by atoms with Crippen LogP contribution < -0.4 is 5.32 Å². The van der Waals surface area contributed by atoms with E-state index < -0.39 is 6.10 Å². The third-order valence-corrected chi connectivity index (χ3v) is 3.04. The molecule has 1 atom stereocenters. The van der Waals surface area contributed by atoms with Gasteiger partial charge in [-0.05, 0) is 29.3 Å². The number of aliphatic hydroxyl groups excluding tert-OH is 1. The lowest BCUT2D eigenvalue weighted by Gasteiger charge is -2.09. The van der Waals surface area contributed by atoms with Crippen LogP contribution in [0.3, 0.4) is 0 Å². The lowest BCUT2D eigenvalue weighted by atomic mass is 10.2. The van der Waals surface area contributed by atoms with E-state index in [0.717, 1.165) is 5.56 Å². The first kappa shape index (κ1) is 11.8. The molecule has 0 spiro atoms. The molecule has 90 valence electrons. The Hall–Kier alpha value is -1.66. The van der Waals surface area contributed by atoms with Gasteiger partial charge in [0.1, 0.15) is 0 Å². The van der Waals surface area contributed by atoms with Gasteiger partial charge in [-0.1, -0.05) is 5.16 Å². The summed E-state index contributed by atoms with van der Waals surface area (Å²) in [5, 5.41) is 19.6. The number of thiophene rings is 1. The number of nitrogens with one attached hydrogen (secondary N) is 1. The van der Waals surface area contributed by atoms with E-state index in [1.807, 2.05) is 16.8 Å². The maximum Gasteiger partial charge on any atom is 0.290 e. The zero-order chi connectivity index (χ0) is 12.3. The number of amides is 1. The van der Waals surface area contributed by atoms with Gasteiger partial charge >= 0.3 is 0 Å². The van der Waals surface area contributed by atoms with E-state index in [4.69, 9.17) is 4.52 Å². The second kappa shape index (κ2) is 5.11. The number of rotatable bonds is 4. The van der Waals surface area contributed by atoms with Crippen molar-refractivity contribution in [3.05, 3.63) is 39.9 Å². The molecule has 2 rings (SSSR count). The third-order valence-electron chi connectivity index (χ3n) is 2.34. The smallest absolute Gasteiger partial charge is 0.290 e. The van der Waals surface area contributed by atoms with Gasteiger partial charge < -0.3 is 14.9 Å². The molecule has 1 amide bonds. The van der Waals surface area contributed by atoms with Crippen LogP contribution in [-0.2, 0) is 0 Å². The Labute approximate surface area is 102 Å². The molecule has 0 aliphatic rings. The van der Waals surface area contributed by atoms with Gasteiger partial charge in [0, 0.05) is 12.1 Å². The van der Waals surface area contributed by atoms with E-state index in [-0.39, 0.29) is 18.2 Å². The monoisotopic (exact) mass is 252 g/mol. The minimum Gasteiger partial charge on any atom is -0.387 e. The lowest BCUT2D eigenvalue weighted by Crippen LogP contribution is -2.28. The molecule has 0 aliphatic heterocycles. The van der Waals surface area contributed by atoms with Crippen molar-refractivity contribution in [3.63, 3.8) is 0 Å². The molecule has 2 aromatic heterocycles. The van der Waals surface area contributed by atoms with Gasteiger partial charge in [0.25, 0.3) is 5.91 Å². The summed E-state index contributed by atoms with van der Waals surface area (Å²) in [6, 6.07) is 1.82. The molecule has 2 heterocycles. The molecule has 0 aromatic carbocycles. The molecule has 6 heteroatoms. The van der Waals surface area contributed by atoms with Crippen molar-refractivity contribution in [2.24, 2.45) is 0 Å². The van der Waals surface area contributed by atoms with E-state index in [9.17, 15) is 9.90 Å². The Bertz CT molecular complexity index is 493. The molecule has 0 saturated heterocycles. The molecule has 1 unspecified atom stereocenters. The average molecular weight is 252 g/mol. The fourth-order valence-corrected chi connectivity index (χ4v) is 2.07. The number of hydrogen-bond acceptors (Lipinski definition) is 5. The first-order valence-corrected chi connectivity index (χ1v) is 6.02. The third kappa shape index (κ3) is 2.72. The van der Waals surface area contributed by atoms with Gasteiger partial charge in [0.15, 0.2) is 0 Å². The Balaban J connectivity index is 1.91. The summed E-state index contributed by atoms with van der Waals surface area (Å²) < 4.78 is 4.81. The molecule has 2 N–H and O–H groups in total. The van der Waals surface area contributed by atoms with Crippen molar-refractivity contribution in [2.75, 3.05) is 6.54 Å².